The first-order chi connectivity index (χ1) is 0. The minimum Gasteiger partial charge on any atom is 0 e. The molecule has 0 aromatic heterocycles. The molecule has 0 aliphatic carbocycles. The van der Waals surface area contributed by atoms with E-state index in [4.69, 9.17) is 0 Å². The van der Waals surface area contributed by atoms with Crippen LogP contribution in [0.2, 0.25) is 0 Å². The second-order valence-electron chi connectivity index (χ2n) is 0. The van der Waals surface area contributed by atoms with Gasteiger partial charge in [0.2, 0.25) is 0 Å². The molecule has 0 fully saturated rings. The van der Waals surface area contributed by atoms with Crippen LogP contribution in [0.15, 0.2) is 0 Å². The van der Waals surface area contributed by atoms with E-state index in [2.05, 4.69) is 0 Å². The summed E-state index contributed by atoms with van der Waals surface area (Å²) >= 11 is 0. The molecule has 0 N–H and O–H groups in total. The first-order valence-electron chi connectivity index (χ1n) is 0. The van der Waals surface area contributed by atoms with E-state index in [1.165, 1.54) is 0 Å². The molecule has 0 aliphatic heterocycles. The molecule has 0 spiro atoms. The third-order valence-electron chi connectivity index (χ3n) is 0. The van der Waals surface area contributed by atoms with Crippen LogP contribution in [0.4, 0.5) is 0 Å². The Kier molecular flexibility index (Phi) is 102. The molecule has 0 unspecified atom stereocenters. The van der Waals surface area contributed by atoms with E-state index >= 15 is 0 Å². The molecular formula is MgThZnZr. The van der Waals surface area contributed by atoms with Crippen LogP contribution in [0.3, 0.4) is 0 Å². The molecular weight excluding hydrogens is 413 g/mol. The zero-order chi connectivity index (χ0) is 0. The van der Waals surface area contributed by atoms with Crippen molar-refractivity contribution in [3.05, 3.63) is 0 Å². The molecule has 0 rings (SSSR count). The molecule has 0 heterocycles. The summed E-state index contributed by atoms with van der Waals surface area (Å²) in [4.78, 5) is 0. The fourth-order valence-corrected chi connectivity index (χ4v) is 0. The van der Waals surface area contributed by atoms with E-state index in [9.17, 15) is 0 Å². The fraction of sp³-hybridized carbons (Fsp3) is 0. The fourth-order valence-electron chi connectivity index (χ4n) is 0. The molecule has 2 radical (unpaired) electrons. The van der Waals surface area contributed by atoms with Crippen molar-refractivity contribution >= 4 is 23.1 Å². The summed E-state index contributed by atoms with van der Waals surface area (Å²) in [6.45, 7) is 0. The van der Waals surface area contributed by atoms with Crippen LogP contribution >= 0.6 is 0 Å². The van der Waals surface area contributed by atoms with Crippen molar-refractivity contribution in [2.24, 2.45) is 0 Å². The molecule has 0 atom stereocenters. The van der Waals surface area contributed by atoms with E-state index in [0.29, 0.717) is 0 Å². The van der Waals surface area contributed by atoms with Crippen LogP contribution in [-0.4, -0.2) is 23.1 Å². The van der Waals surface area contributed by atoms with Crippen LogP contribution in [-0.2, 0) is 45.7 Å². The zero-order valence-corrected chi connectivity index (χ0v) is 13.4. The summed E-state index contributed by atoms with van der Waals surface area (Å²) in [5.41, 5.74) is 0. The summed E-state index contributed by atoms with van der Waals surface area (Å²) < 4.78 is 0. The standard InChI is InChI=1S/Mg.Th.Zn.Zr. The quantitative estimate of drug-likeness (QED) is 0.476. The van der Waals surface area contributed by atoms with Gasteiger partial charge in [0.05, 0.1) is 0 Å². The van der Waals surface area contributed by atoms with E-state index in [-0.39, 0.29) is 109 Å². The normalized spacial score (nSPS) is 0. The average Bonchev–Trinajstić information content (AvgIpc) is 0. The molecule has 0 saturated heterocycles. The van der Waals surface area contributed by atoms with E-state index < -0.39 is 0 Å². The molecule has 0 nitrogen and oxygen atoms in total. The van der Waals surface area contributed by atoms with E-state index in [1.54, 1.807) is 0 Å². The molecule has 4 heavy (non-hydrogen) atoms. The molecule has 0 aliphatic rings. The summed E-state index contributed by atoms with van der Waals surface area (Å²) in [6, 6.07) is 0. The van der Waals surface area contributed by atoms with Gasteiger partial charge in [0.15, 0.2) is 0 Å². The van der Waals surface area contributed by atoms with Crippen molar-refractivity contribution in [1.82, 2.24) is 0 Å². The molecule has 0 aromatic rings. The molecule has 0 bridgehead atoms. The third kappa shape index (κ3) is 9.14. The van der Waals surface area contributed by atoms with Gasteiger partial charge in [0.1, 0.15) is 0 Å². The Morgan fingerprint density at radius 1 is 1.00 bits per heavy atom. The monoisotopic (exact) mass is 410 g/mol. The van der Waals surface area contributed by atoms with Gasteiger partial charge >= 0.3 is 0 Å². The number of hydrogen-bond donors (Lipinski definition) is 0. The Balaban J connectivity index is 0. The summed E-state index contributed by atoms with van der Waals surface area (Å²) in [5.74, 6) is 0. The Labute approximate surface area is 106 Å². The maximum atomic E-state index is 0. The van der Waals surface area contributed by atoms with Gasteiger partial charge < -0.3 is 0 Å². The van der Waals surface area contributed by atoms with Crippen LogP contribution < -0.4 is 0 Å². The zero-order valence-electron chi connectivity index (χ0n) is 2.41. The maximum Gasteiger partial charge on any atom is 0 e. The van der Waals surface area contributed by atoms with Gasteiger partial charge in [-0.3, -0.25) is 0 Å². The molecule has 0 saturated carbocycles. The van der Waals surface area contributed by atoms with Gasteiger partial charge in [-0.25, -0.2) is 0 Å². The largest absolute Gasteiger partial charge is 0 e. The van der Waals surface area contributed by atoms with Crippen molar-refractivity contribution in [3.8, 4) is 0 Å². The molecule has 0 amide bonds. The minimum absolute atomic E-state index is 0. The predicted octanol–water partition coefficient (Wildman–Crippen LogP) is -0.386. The summed E-state index contributed by atoms with van der Waals surface area (Å²) in [6.07, 6.45) is 0. The first-order valence-corrected chi connectivity index (χ1v) is 0. The van der Waals surface area contributed by atoms with Gasteiger partial charge in [-0.15, -0.1) is 0 Å². The second-order valence-corrected chi connectivity index (χ2v) is 0. The second kappa shape index (κ2) is 16.0. The smallest absolute Gasteiger partial charge is 0 e. The van der Waals surface area contributed by atoms with Crippen molar-refractivity contribution < 1.29 is 85.6 Å². The van der Waals surface area contributed by atoms with Crippen molar-refractivity contribution in [1.29, 1.82) is 0 Å². The number of rotatable bonds is 0. The topological polar surface area (TPSA) is 0 Å². The summed E-state index contributed by atoms with van der Waals surface area (Å²) in [7, 11) is 0. The molecule has 4 heteroatoms. The van der Waals surface area contributed by atoms with Crippen molar-refractivity contribution in [2.75, 3.05) is 0 Å². The average molecular weight is 413 g/mol. The van der Waals surface area contributed by atoms with Crippen LogP contribution in [0.25, 0.3) is 0 Å². The van der Waals surface area contributed by atoms with E-state index in [0.717, 1.165) is 0 Å². The Hall–Kier alpha value is 3.60. The number of hydrogen-bond acceptors (Lipinski definition) is 0. The summed E-state index contributed by atoms with van der Waals surface area (Å²) in [5, 5.41) is 0. The van der Waals surface area contributed by atoms with Gasteiger partial charge in [-0.1, -0.05) is 0 Å². The van der Waals surface area contributed by atoms with Gasteiger partial charge in [-0.05, 0) is 0 Å². The molecule has 0 aromatic carbocycles. The van der Waals surface area contributed by atoms with Crippen molar-refractivity contribution in [2.45, 2.75) is 0 Å². The predicted molar refractivity (Wildman–Crippen MR) is 5.75 cm³/mol. The van der Waals surface area contributed by atoms with Crippen LogP contribution in [0.5, 0.6) is 0 Å². The maximum absolute atomic E-state index is 0. The molecule has 12 valence electrons. The first kappa shape index (κ1) is 25.6. The Bertz CT molecular complexity index is 8.00. The SMILES string of the molecule is [Mg].[Th].[Zn].[Zr]. The van der Waals surface area contributed by atoms with Crippen LogP contribution in [0.1, 0.15) is 0 Å². The third-order valence-corrected chi connectivity index (χ3v) is 0. The van der Waals surface area contributed by atoms with Gasteiger partial charge in [0.25, 0.3) is 0 Å². The Morgan fingerprint density at radius 2 is 1.00 bits per heavy atom. The van der Waals surface area contributed by atoms with Crippen molar-refractivity contribution in [3.63, 3.8) is 0 Å². The van der Waals surface area contributed by atoms with Crippen LogP contribution in [0, 0.1) is 39.9 Å². The van der Waals surface area contributed by atoms with Gasteiger partial charge in [-0.2, -0.15) is 0 Å². The minimum atomic E-state index is 0. The van der Waals surface area contributed by atoms with E-state index in [1.807, 2.05) is 0 Å². The Morgan fingerprint density at radius 3 is 1.00 bits per heavy atom. The van der Waals surface area contributed by atoms with Gasteiger partial charge in [0, 0.05) is 109 Å².